The molecular weight excluding hydrogens is 186 g/mol. The fourth-order valence-corrected chi connectivity index (χ4v) is 1.25. The molecule has 0 fully saturated rings. The second-order valence-electron chi connectivity index (χ2n) is 2.77. The SMILES string of the molecule is C=C(Cl)c1nc2ccc(N)cc2[nH]1. The van der Waals surface area contributed by atoms with Crippen LogP contribution in [0.5, 0.6) is 0 Å². The molecule has 0 saturated heterocycles. The molecule has 0 bridgehead atoms. The molecule has 66 valence electrons. The number of imidazole rings is 1. The number of rotatable bonds is 1. The van der Waals surface area contributed by atoms with Crippen LogP contribution >= 0.6 is 11.6 Å². The third kappa shape index (κ3) is 1.38. The van der Waals surface area contributed by atoms with Crippen molar-refractivity contribution in [1.29, 1.82) is 0 Å². The smallest absolute Gasteiger partial charge is 0.149 e. The molecule has 3 nitrogen and oxygen atoms in total. The first-order valence-electron chi connectivity index (χ1n) is 3.77. The molecule has 0 aliphatic carbocycles. The van der Waals surface area contributed by atoms with Gasteiger partial charge in [0.25, 0.3) is 0 Å². The lowest BCUT2D eigenvalue weighted by molar-refractivity contribution is 1.29. The van der Waals surface area contributed by atoms with Gasteiger partial charge in [0.05, 0.1) is 16.1 Å². The van der Waals surface area contributed by atoms with Crippen LogP contribution in [-0.2, 0) is 0 Å². The molecule has 1 heterocycles. The number of hydrogen-bond acceptors (Lipinski definition) is 2. The van der Waals surface area contributed by atoms with E-state index in [1.807, 2.05) is 12.1 Å². The molecule has 0 saturated carbocycles. The topological polar surface area (TPSA) is 54.7 Å². The fraction of sp³-hybridized carbons (Fsp3) is 0. The minimum Gasteiger partial charge on any atom is -0.399 e. The summed E-state index contributed by atoms with van der Waals surface area (Å²) in [6.45, 7) is 3.58. The summed E-state index contributed by atoms with van der Waals surface area (Å²) in [6.07, 6.45) is 0. The Bertz CT molecular complexity index is 473. The van der Waals surface area contributed by atoms with Gasteiger partial charge in [-0.1, -0.05) is 18.2 Å². The van der Waals surface area contributed by atoms with E-state index in [4.69, 9.17) is 17.3 Å². The summed E-state index contributed by atoms with van der Waals surface area (Å²) in [7, 11) is 0. The molecule has 0 unspecified atom stereocenters. The van der Waals surface area contributed by atoms with Gasteiger partial charge in [-0.15, -0.1) is 0 Å². The van der Waals surface area contributed by atoms with Crippen molar-refractivity contribution in [3.63, 3.8) is 0 Å². The van der Waals surface area contributed by atoms with Gasteiger partial charge in [0, 0.05) is 5.69 Å². The third-order valence-electron chi connectivity index (χ3n) is 1.76. The Balaban J connectivity index is 2.68. The van der Waals surface area contributed by atoms with Gasteiger partial charge in [-0.05, 0) is 18.2 Å². The van der Waals surface area contributed by atoms with Crippen LogP contribution in [0, 0.1) is 0 Å². The van der Waals surface area contributed by atoms with Crippen LogP contribution in [0.4, 0.5) is 5.69 Å². The fourth-order valence-electron chi connectivity index (χ4n) is 1.16. The molecular formula is C9H8ClN3. The highest BCUT2D eigenvalue weighted by molar-refractivity contribution is 6.47. The largest absolute Gasteiger partial charge is 0.399 e. The maximum atomic E-state index is 5.69. The number of nitrogens with zero attached hydrogens (tertiary/aromatic N) is 1. The summed E-state index contributed by atoms with van der Waals surface area (Å²) in [5, 5.41) is 0.398. The van der Waals surface area contributed by atoms with Gasteiger partial charge in [0.2, 0.25) is 0 Å². The van der Waals surface area contributed by atoms with Crippen molar-refractivity contribution in [1.82, 2.24) is 9.97 Å². The van der Waals surface area contributed by atoms with Crippen LogP contribution < -0.4 is 5.73 Å². The number of hydrogen-bond donors (Lipinski definition) is 2. The van der Waals surface area contributed by atoms with Crippen LogP contribution in [0.15, 0.2) is 24.8 Å². The van der Waals surface area contributed by atoms with Crippen molar-refractivity contribution >= 4 is 33.4 Å². The van der Waals surface area contributed by atoms with E-state index < -0.39 is 0 Å². The normalized spacial score (nSPS) is 10.5. The summed E-state index contributed by atoms with van der Waals surface area (Å²) in [5.74, 6) is 0.585. The van der Waals surface area contributed by atoms with E-state index in [1.54, 1.807) is 6.07 Å². The van der Waals surface area contributed by atoms with Gasteiger partial charge in [-0.3, -0.25) is 0 Å². The van der Waals surface area contributed by atoms with Crippen molar-refractivity contribution < 1.29 is 0 Å². The second kappa shape index (κ2) is 2.78. The lowest BCUT2D eigenvalue weighted by Crippen LogP contribution is -1.82. The standard InChI is InChI=1S/C9H8ClN3/c1-5(10)9-12-7-3-2-6(11)4-8(7)13-9/h2-4H,1,11H2,(H,12,13). The summed E-state index contributed by atoms with van der Waals surface area (Å²) in [4.78, 5) is 7.22. The molecule has 0 spiro atoms. The average molecular weight is 194 g/mol. The zero-order chi connectivity index (χ0) is 9.42. The molecule has 3 N–H and O–H groups in total. The molecule has 0 amide bonds. The third-order valence-corrected chi connectivity index (χ3v) is 1.94. The maximum absolute atomic E-state index is 5.69. The Hall–Kier alpha value is -1.48. The first kappa shape index (κ1) is 8.13. The number of nitrogens with two attached hydrogens (primary N) is 1. The predicted octanol–water partition coefficient (Wildman–Crippen LogP) is 2.35. The number of benzene rings is 1. The number of H-pyrrole nitrogens is 1. The van der Waals surface area contributed by atoms with Crippen LogP contribution in [0.1, 0.15) is 5.82 Å². The highest BCUT2D eigenvalue weighted by Crippen LogP contribution is 2.19. The summed E-state index contributed by atoms with van der Waals surface area (Å²) in [6, 6.07) is 5.44. The highest BCUT2D eigenvalue weighted by atomic mass is 35.5. The lowest BCUT2D eigenvalue weighted by Gasteiger charge is -1.89. The molecule has 0 radical (unpaired) electrons. The number of aromatic nitrogens is 2. The molecule has 0 aliphatic rings. The van der Waals surface area contributed by atoms with Crippen molar-refractivity contribution in [2.75, 3.05) is 5.73 Å². The van der Waals surface area contributed by atoms with Crippen molar-refractivity contribution in [3.05, 3.63) is 30.6 Å². The molecule has 0 aliphatic heterocycles. The number of aromatic amines is 1. The Morgan fingerprint density at radius 1 is 1.54 bits per heavy atom. The van der Waals surface area contributed by atoms with E-state index >= 15 is 0 Å². The zero-order valence-corrected chi connectivity index (χ0v) is 7.60. The van der Waals surface area contributed by atoms with Crippen molar-refractivity contribution in [2.45, 2.75) is 0 Å². The van der Waals surface area contributed by atoms with Gasteiger partial charge in [0.15, 0.2) is 0 Å². The molecule has 0 atom stereocenters. The summed E-state index contributed by atoms with van der Waals surface area (Å²) < 4.78 is 0. The number of nitrogens with one attached hydrogen (secondary N) is 1. The van der Waals surface area contributed by atoms with Gasteiger partial charge < -0.3 is 10.7 Å². The highest BCUT2D eigenvalue weighted by Gasteiger charge is 2.03. The minimum atomic E-state index is 0.398. The molecule has 1 aromatic carbocycles. The van der Waals surface area contributed by atoms with Gasteiger partial charge >= 0.3 is 0 Å². The van der Waals surface area contributed by atoms with Crippen LogP contribution in [0.2, 0.25) is 0 Å². The lowest BCUT2D eigenvalue weighted by atomic mass is 10.3. The van der Waals surface area contributed by atoms with E-state index in [0.717, 1.165) is 11.0 Å². The van der Waals surface area contributed by atoms with E-state index in [9.17, 15) is 0 Å². The number of fused-ring (bicyclic) bond motifs is 1. The van der Waals surface area contributed by atoms with Crippen molar-refractivity contribution in [3.8, 4) is 0 Å². The number of nitrogen functional groups attached to an aromatic ring is 1. The number of anilines is 1. The van der Waals surface area contributed by atoms with E-state index in [2.05, 4.69) is 16.5 Å². The summed E-state index contributed by atoms with van der Waals surface area (Å²) in [5.41, 5.74) is 8.01. The molecule has 4 heteroatoms. The zero-order valence-electron chi connectivity index (χ0n) is 6.84. The minimum absolute atomic E-state index is 0.398. The van der Waals surface area contributed by atoms with Crippen LogP contribution in [-0.4, -0.2) is 9.97 Å². The Labute approximate surface area is 80.2 Å². The van der Waals surface area contributed by atoms with Crippen LogP contribution in [0.25, 0.3) is 16.1 Å². The monoisotopic (exact) mass is 193 g/mol. The first-order chi connectivity index (χ1) is 6.16. The molecule has 13 heavy (non-hydrogen) atoms. The Morgan fingerprint density at radius 2 is 2.31 bits per heavy atom. The predicted molar refractivity (Wildman–Crippen MR) is 55.4 cm³/mol. The first-order valence-corrected chi connectivity index (χ1v) is 4.14. The van der Waals surface area contributed by atoms with Gasteiger partial charge in [0.1, 0.15) is 5.82 Å². The van der Waals surface area contributed by atoms with E-state index in [1.165, 1.54) is 0 Å². The van der Waals surface area contributed by atoms with Gasteiger partial charge in [-0.25, -0.2) is 4.98 Å². The number of halogens is 1. The van der Waals surface area contributed by atoms with Crippen LogP contribution in [0.3, 0.4) is 0 Å². The Morgan fingerprint density at radius 3 is 3.00 bits per heavy atom. The molecule has 2 aromatic rings. The molecule has 1 aromatic heterocycles. The van der Waals surface area contributed by atoms with Crippen molar-refractivity contribution in [2.24, 2.45) is 0 Å². The quantitative estimate of drug-likeness (QED) is 0.684. The second-order valence-corrected chi connectivity index (χ2v) is 3.22. The maximum Gasteiger partial charge on any atom is 0.149 e. The van der Waals surface area contributed by atoms with E-state index in [0.29, 0.717) is 16.5 Å². The Kier molecular flexibility index (Phi) is 1.74. The average Bonchev–Trinajstić information content (AvgIpc) is 2.46. The van der Waals surface area contributed by atoms with E-state index in [-0.39, 0.29) is 0 Å². The molecule has 2 rings (SSSR count). The summed E-state index contributed by atoms with van der Waals surface area (Å²) >= 11 is 5.69. The van der Waals surface area contributed by atoms with Gasteiger partial charge in [-0.2, -0.15) is 0 Å².